The van der Waals surface area contributed by atoms with Gasteiger partial charge in [0.05, 0.1) is 0 Å². The van der Waals surface area contributed by atoms with Gasteiger partial charge in [-0.05, 0) is 42.7 Å². The van der Waals surface area contributed by atoms with Crippen LogP contribution in [0.3, 0.4) is 0 Å². The lowest BCUT2D eigenvalue weighted by molar-refractivity contribution is -0.141. The molecule has 1 aliphatic rings. The van der Waals surface area contributed by atoms with Crippen molar-refractivity contribution in [3.8, 4) is 0 Å². The number of anilines is 2. The molecule has 1 aliphatic heterocycles. The van der Waals surface area contributed by atoms with Gasteiger partial charge in [-0.1, -0.05) is 24.3 Å². The number of carbonyl (C=O) groups is 4. The van der Waals surface area contributed by atoms with Crippen molar-refractivity contribution in [2.75, 3.05) is 17.2 Å². The summed E-state index contributed by atoms with van der Waals surface area (Å²) in [5.41, 5.74) is 12.6. The highest BCUT2D eigenvalue weighted by Gasteiger charge is 2.36. The summed E-state index contributed by atoms with van der Waals surface area (Å²) in [5.74, 6) is -2.47. The highest BCUT2D eigenvalue weighted by Crippen LogP contribution is 2.25. The van der Waals surface area contributed by atoms with Crippen molar-refractivity contribution in [3.63, 3.8) is 0 Å². The average molecular weight is 481 g/mol. The number of nitrogens with two attached hydrogens (primary N) is 2. The van der Waals surface area contributed by atoms with E-state index >= 15 is 0 Å². The number of carboxylic acids is 1. The lowest BCUT2D eigenvalue weighted by Crippen LogP contribution is -2.49. The maximum Gasteiger partial charge on any atom is 0.326 e. The molecule has 0 fully saturated rings. The van der Waals surface area contributed by atoms with Crippen LogP contribution in [0, 0.1) is 0 Å². The Balaban J connectivity index is 1.51. The quantitative estimate of drug-likeness (QED) is 0.118. The van der Waals surface area contributed by atoms with Crippen molar-refractivity contribution in [2.45, 2.75) is 37.8 Å². The minimum absolute atomic E-state index is 0.00789. The molecule has 1 heterocycles. The summed E-state index contributed by atoms with van der Waals surface area (Å²) in [4.78, 5) is 52.8. The fraction of sp³-hybridized carbons (Fsp3) is 0.292. The third-order valence-corrected chi connectivity index (χ3v) is 5.42. The second kappa shape index (κ2) is 11.6. The Morgan fingerprint density at radius 2 is 1.77 bits per heavy atom. The molecule has 0 bridgehead atoms. The second-order valence-corrected chi connectivity index (χ2v) is 8.10. The van der Waals surface area contributed by atoms with Crippen molar-refractivity contribution in [2.24, 2.45) is 16.5 Å². The van der Waals surface area contributed by atoms with Crippen LogP contribution in [-0.2, 0) is 20.8 Å². The molecule has 2 aromatic rings. The molecule has 0 aliphatic carbocycles. The van der Waals surface area contributed by atoms with Crippen LogP contribution in [0.25, 0.3) is 0 Å². The minimum Gasteiger partial charge on any atom is -0.480 e. The first kappa shape index (κ1) is 25.2. The van der Waals surface area contributed by atoms with E-state index in [1.165, 1.54) is 0 Å². The van der Waals surface area contributed by atoms with Crippen LogP contribution in [0.4, 0.5) is 11.4 Å². The summed E-state index contributed by atoms with van der Waals surface area (Å²) >= 11 is 0. The number of benzene rings is 2. The van der Waals surface area contributed by atoms with Crippen LogP contribution >= 0.6 is 0 Å². The normalized spacial score (nSPS) is 14.9. The smallest absolute Gasteiger partial charge is 0.326 e. The maximum absolute atomic E-state index is 12.6. The Labute approximate surface area is 202 Å². The van der Waals surface area contributed by atoms with Crippen molar-refractivity contribution >= 4 is 40.9 Å². The summed E-state index contributed by atoms with van der Waals surface area (Å²) in [7, 11) is 0. The van der Waals surface area contributed by atoms with E-state index in [2.05, 4.69) is 20.9 Å². The Morgan fingerprint density at radius 1 is 1.06 bits per heavy atom. The predicted molar refractivity (Wildman–Crippen MR) is 131 cm³/mol. The summed E-state index contributed by atoms with van der Waals surface area (Å²) in [6, 6.07) is 11.0. The van der Waals surface area contributed by atoms with Crippen LogP contribution in [-0.4, -0.2) is 53.3 Å². The van der Waals surface area contributed by atoms with Gasteiger partial charge in [0.25, 0.3) is 5.91 Å². The van der Waals surface area contributed by atoms with Gasteiger partial charge in [-0.15, -0.1) is 0 Å². The number of aliphatic imine (C=N–C) groups is 1. The third kappa shape index (κ3) is 7.03. The van der Waals surface area contributed by atoms with Crippen LogP contribution < -0.4 is 27.4 Å². The number of carboxylic acid groups (broad SMARTS) is 1. The van der Waals surface area contributed by atoms with E-state index in [-0.39, 0.29) is 18.3 Å². The molecule has 2 atom stereocenters. The SMILES string of the molecule is NC(N)=NCCCCC(=O)Nc1ccc(CC(NC(=O)C2Nc3ccccc3C2=O)C(=O)O)cc1. The standard InChI is InChI=1S/C24H28N6O5/c25-24(26)27-12-4-3-7-19(31)28-15-10-8-14(9-11-15)13-18(23(34)35)30-22(33)20-21(32)16-5-1-2-6-17(16)29-20/h1-2,5-6,8-11,18,20,29H,3-4,7,12-13H2,(H,28,31)(H,30,33)(H,34,35)(H4,25,26,27). The van der Waals surface area contributed by atoms with Crippen molar-refractivity contribution in [1.82, 2.24) is 5.32 Å². The molecule has 2 aromatic carbocycles. The molecular weight excluding hydrogens is 452 g/mol. The third-order valence-electron chi connectivity index (χ3n) is 5.42. The molecule has 0 radical (unpaired) electrons. The summed E-state index contributed by atoms with van der Waals surface area (Å²) in [6.45, 7) is 0.462. The molecule has 0 saturated carbocycles. The van der Waals surface area contributed by atoms with Crippen molar-refractivity contribution in [1.29, 1.82) is 0 Å². The molecule has 2 amide bonds. The topological polar surface area (TPSA) is 189 Å². The molecule has 35 heavy (non-hydrogen) atoms. The number of guanidine groups is 1. The molecular formula is C24H28N6O5. The van der Waals surface area contributed by atoms with Gasteiger partial charge in [0.2, 0.25) is 5.91 Å². The number of fused-ring (bicyclic) bond motifs is 1. The van der Waals surface area contributed by atoms with E-state index in [9.17, 15) is 24.3 Å². The number of carbonyl (C=O) groups excluding carboxylic acids is 3. The molecule has 11 heteroatoms. The summed E-state index contributed by atoms with van der Waals surface area (Å²) in [5, 5.41) is 17.6. The van der Waals surface area contributed by atoms with Crippen molar-refractivity contribution in [3.05, 3.63) is 59.7 Å². The number of hydrogen-bond acceptors (Lipinski definition) is 6. The Morgan fingerprint density at radius 3 is 2.43 bits per heavy atom. The number of aliphatic carboxylic acids is 1. The fourth-order valence-electron chi connectivity index (χ4n) is 3.63. The number of hydrogen-bond donors (Lipinski definition) is 6. The number of amides is 2. The zero-order valence-electron chi connectivity index (χ0n) is 19.0. The summed E-state index contributed by atoms with van der Waals surface area (Å²) in [6.07, 6.45) is 1.63. The van der Waals surface area contributed by atoms with Crippen LogP contribution in [0.15, 0.2) is 53.5 Å². The first-order chi connectivity index (χ1) is 16.7. The van der Waals surface area contributed by atoms with E-state index in [1.807, 2.05) is 0 Å². The molecule has 0 spiro atoms. The first-order valence-corrected chi connectivity index (χ1v) is 11.1. The average Bonchev–Trinajstić information content (AvgIpc) is 3.16. The van der Waals surface area contributed by atoms with Gasteiger partial charge in [-0.25, -0.2) is 4.79 Å². The molecule has 11 nitrogen and oxygen atoms in total. The molecule has 2 unspecified atom stereocenters. The lowest BCUT2D eigenvalue weighted by atomic mass is 10.0. The van der Waals surface area contributed by atoms with E-state index in [0.717, 1.165) is 0 Å². The number of nitrogens with zero attached hydrogens (tertiary/aromatic N) is 1. The molecule has 184 valence electrons. The number of nitrogens with one attached hydrogen (secondary N) is 3. The highest BCUT2D eigenvalue weighted by atomic mass is 16.4. The van der Waals surface area contributed by atoms with Gasteiger partial charge in [0, 0.05) is 36.3 Å². The Bertz CT molecular complexity index is 1130. The minimum atomic E-state index is -1.23. The van der Waals surface area contributed by atoms with Crippen LogP contribution in [0.1, 0.15) is 35.2 Å². The summed E-state index contributed by atoms with van der Waals surface area (Å²) < 4.78 is 0. The largest absolute Gasteiger partial charge is 0.480 e. The molecule has 3 rings (SSSR count). The number of para-hydroxylation sites is 1. The van der Waals surface area contributed by atoms with Crippen LogP contribution in [0.2, 0.25) is 0 Å². The predicted octanol–water partition coefficient (Wildman–Crippen LogP) is 0.858. The van der Waals surface area contributed by atoms with Gasteiger partial charge in [-0.2, -0.15) is 0 Å². The van der Waals surface area contributed by atoms with E-state index in [4.69, 9.17) is 11.5 Å². The monoisotopic (exact) mass is 480 g/mol. The Kier molecular flexibility index (Phi) is 8.38. The highest BCUT2D eigenvalue weighted by molar-refractivity contribution is 6.21. The Hall–Kier alpha value is -4.41. The van der Waals surface area contributed by atoms with Gasteiger partial charge < -0.3 is 32.5 Å². The van der Waals surface area contributed by atoms with E-state index in [0.29, 0.717) is 48.3 Å². The van der Waals surface area contributed by atoms with Gasteiger partial charge in [0.1, 0.15) is 6.04 Å². The number of unbranched alkanes of at least 4 members (excludes halogenated alkanes) is 1. The van der Waals surface area contributed by atoms with Gasteiger partial charge in [0.15, 0.2) is 17.8 Å². The van der Waals surface area contributed by atoms with Crippen molar-refractivity contribution < 1.29 is 24.3 Å². The zero-order chi connectivity index (χ0) is 25.4. The molecule has 8 N–H and O–H groups in total. The van der Waals surface area contributed by atoms with E-state index in [1.54, 1.807) is 48.5 Å². The van der Waals surface area contributed by atoms with E-state index < -0.39 is 29.7 Å². The zero-order valence-corrected chi connectivity index (χ0v) is 19.0. The molecule has 0 saturated heterocycles. The first-order valence-electron chi connectivity index (χ1n) is 11.1. The molecule has 0 aromatic heterocycles. The number of rotatable bonds is 11. The van der Waals surface area contributed by atoms with Crippen LogP contribution in [0.5, 0.6) is 0 Å². The maximum atomic E-state index is 12.6. The lowest BCUT2D eigenvalue weighted by Gasteiger charge is -2.17. The second-order valence-electron chi connectivity index (χ2n) is 8.10. The fourth-order valence-corrected chi connectivity index (χ4v) is 3.63. The van der Waals surface area contributed by atoms with Gasteiger partial charge in [-0.3, -0.25) is 19.4 Å². The number of Topliss-reactive ketones (excluding diaryl/α,β-unsaturated/α-hetero) is 1. The number of ketones is 1. The van der Waals surface area contributed by atoms with Gasteiger partial charge >= 0.3 is 5.97 Å².